The second-order valence-electron chi connectivity index (χ2n) is 4.16. The van der Waals surface area contributed by atoms with Gasteiger partial charge >= 0.3 is 0 Å². The first-order valence-corrected chi connectivity index (χ1v) is 8.61. The highest BCUT2D eigenvalue weighted by Crippen LogP contribution is 2.25. The molecule has 1 rings (SSSR count). The van der Waals surface area contributed by atoms with Crippen LogP contribution in [0.25, 0.3) is 0 Å². The van der Waals surface area contributed by atoms with Gasteiger partial charge in [0.1, 0.15) is 0 Å². The average Bonchev–Trinajstić information content (AvgIpc) is 2.69. The zero-order valence-electron chi connectivity index (χ0n) is 11.2. The van der Waals surface area contributed by atoms with Crippen LogP contribution in [0.2, 0.25) is 0 Å². The Morgan fingerprint density at radius 3 is 2.67 bits per heavy atom. The summed E-state index contributed by atoms with van der Waals surface area (Å²) in [6.07, 6.45) is 1.85. The second kappa shape index (κ2) is 7.23. The number of hydrogen-bond donors (Lipinski definition) is 2. The van der Waals surface area contributed by atoms with Crippen LogP contribution in [-0.2, 0) is 16.6 Å². The van der Waals surface area contributed by atoms with E-state index in [2.05, 4.69) is 10.0 Å². The molecular formula is C12H22N2O2S2. The smallest absolute Gasteiger partial charge is 0.241 e. The second-order valence-corrected chi connectivity index (χ2v) is 7.24. The Morgan fingerprint density at radius 1 is 1.33 bits per heavy atom. The SMILES string of the molecule is CCCCNS(=O)(=O)c1cc(CNCC)sc1C. The van der Waals surface area contributed by atoms with Gasteiger partial charge in [0.15, 0.2) is 0 Å². The van der Waals surface area contributed by atoms with Gasteiger partial charge in [-0.2, -0.15) is 0 Å². The summed E-state index contributed by atoms with van der Waals surface area (Å²) < 4.78 is 26.8. The molecule has 0 spiro atoms. The molecule has 6 heteroatoms. The van der Waals surface area contributed by atoms with E-state index in [1.54, 1.807) is 6.07 Å². The Balaban J connectivity index is 2.78. The van der Waals surface area contributed by atoms with Gasteiger partial charge in [0.05, 0.1) is 4.90 Å². The monoisotopic (exact) mass is 290 g/mol. The molecule has 18 heavy (non-hydrogen) atoms. The van der Waals surface area contributed by atoms with Gasteiger partial charge in [-0.3, -0.25) is 0 Å². The van der Waals surface area contributed by atoms with E-state index in [1.165, 1.54) is 11.3 Å². The summed E-state index contributed by atoms with van der Waals surface area (Å²) in [5.74, 6) is 0. The fourth-order valence-corrected chi connectivity index (χ4v) is 4.26. The van der Waals surface area contributed by atoms with Gasteiger partial charge in [0.2, 0.25) is 10.0 Å². The molecule has 1 aromatic rings. The summed E-state index contributed by atoms with van der Waals surface area (Å²) in [6, 6.07) is 1.77. The molecule has 1 heterocycles. The summed E-state index contributed by atoms with van der Waals surface area (Å²) in [7, 11) is -3.33. The molecule has 0 saturated heterocycles. The molecule has 0 saturated carbocycles. The van der Waals surface area contributed by atoms with Crippen LogP contribution in [0.5, 0.6) is 0 Å². The first kappa shape index (κ1) is 15.6. The van der Waals surface area contributed by atoms with Crippen molar-refractivity contribution in [2.45, 2.75) is 45.1 Å². The molecule has 0 amide bonds. The Bertz CT molecular complexity index is 466. The van der Waals surface area contributed by atoms with E-state index < -0.39 is 10.0 Å². The van der Waals surface area contributed by atoms with Gasteiger partial charge in [-0.15, -0.1) is 11.3 Å². The van der Waals surface area contributed by atoms with Crippen molar-refractivity contribution in [3.8, 4) is 0 Å². The predicted octanol–water partition coefficient (Wildman–Crippen LogP) is 2.24. The van der Waals surface area contributed by atoms with Gasteiger partial charge in [-0.05, 0) is 26.0 Å². The molecule has 1 aromatic heterocycles. The van der Waals surface area contributed by atoms with E-state index in [4.69, 9.17) is 0 Å². The van der Waals surface area contributed by atoms with E-state index in [-0.39, 0.29) is 0 Å². The minimum Gasteiger partial charge on any atom is -0.312 e. The molecule has 0 bridgehead atoms. The third kappa shape index (κ3) is 4.35. The summed E-state index contributed by atoms with van der Waals surface area (Å²) in [5, 5.41) is 3.20. The predicted molar refractivity (Wildman–Crippen MR) is 76.5 cm³/mol. The van der Waals surface area contributed by atoms with E-state index in [9.17, 15) is 8.42 Å². The van der Waals surface area contributed by atoms with E-state index in [1.807, 2.05) is 20.8 Å². The van der Waals surface area contributed by atoms with Crippen LogP contribution in [0.15, 0.2) is 11.0 Å². The maximum Gasteiger partial charge on any atom is 0.241 e. The van der Waals surface area contributed by atoms with Crippen molar-refractivity contribution < 1.29 is 8.42 Å². The Hall–Kier alpha value is -0.430. The third-order valence-electron chi connectivity index (χ3n) is 2.58. The standard InChI is InChI=1S/C12H22N2O2S2/c1-4-6-7-14-18(15,16)12-8-11(9-13-5-2)17-10(12)3/h8,13-14H,4-7,9H2,1-3H3. The Kier molecular flexibility index (Phi) is 6.28. The molecule has 0 aromatic carbocycles. The average molecular weight is 290 g/mol. The lowest BCUT2D eigenvalue weighted by Gasteiger charge is -2.04. The molecule has 104 valence electrons. The fraction of sp³-hybridized carbons (Fsp3) is 0.667. The minimum atomic E-state index is -3.33. The number of sulfonamides is 1. The Labute approximate surface area is 114 Å². The zero-order chi connectivity index (χ0) is 13.6. The summed E-state index contributed by atoms with van der Waals surface area (Å²) in [4.78, 5) is 2.34. The summed E-state index contributed by atoms with van der Waals surface area (Å²) in [6.45, 7) is 8.05. The maximum absolute atomic E-state index is 12.1. The number of aryl methyl sites for hydroxylation is 1. The van der Waals surface area contributed by atoms with Crippen molar-refractivity contribution in [1.29, 1.82) is 0 Å². The summed E-state index contributed by atoms with van der Waals surface area (Å²) in [5.41, 5.74) is 0. The topological polar surface area (TPSA) is 58.2 Å². The van der Waals surface area contributed by atoms with Crippen molar-refractivity contribution in [2.75, 3.05) is 13.1 Å². The van der Waals surface area contributed by atoms with Crippen LogP contribution in [0, 0.1) is 6.92 Å². The van der Waals surface area contributed by atoms with Crippen LogP contribution >= 0.6 is 11.3 Å². The van der Waals surface area contributed by atoms with E-state index >= 15 is 0 Å². The van der Waals surface area contributed by atoms with Crippen molar-refractivity contribution in [3.63, 3.8) is 0 Å². The van der Waals surface area contributed by atoms with E-state index in [0.29, 0.717) is 11.4 Å². The lowest BCUT2D eigenvalue weighted by molar-refractivity contribution is 0.578. The van der Waals surface area contributed by atoms with Crippen molar-refractivity contribution >= 4 is 21.4 Å². The molecule has 0 aliphatic rings. The van der Waals surface area contributed by atoms with Crippen LogP contribution in [0.4, 0.5) is 0 Å². The van der Waals surface area contributed by atoms with Crippen LogP contribution in [0.1, 0.15) is 36.4 Å². The van der Waals surface area contributed by atoms with Crippen molar-refractivity contribution in [3.05, 3.63) is 15.8 Å². The zero-order valence-corrected chi connectivity index (χ0v) is 12.9. The quantitative estimate of drug-likeness (QED) is 0.722. The molecule has 0 aliphatic carbocycles. The highest BCUT2D eigenvalue weighted by Gasteiger charge is 2.19. The lowest BCUT2D eigenvalue weighted by Crippen LogP contribution is -2.24. The molecule has 0 atom stereocenters. The fourth-order valence-electron chi connectivity index (χ4n) is 1.59. The largest absolute Gasteiger partial charge is 0.312 e. The van der Waals surface area contributed by atoms with E-state index in [0.717, 1.165) is 35.7 Å². The van der Waals surface area contributed by atoms with Crippen LogP contribution in [0.3, 0.4) is 0 Å². The molecule has 0 radical (unpaired) electrons. The molecule has 0 fully saturated rings. The van der Waals surface area contributed by atoms with Crippen molar-refractivity contribution in [1.82, 2.24) is 10.0 Å². The Morgan fingerprint density at radius 2 is 2.06 bits per heavy atom. The van der Waals surface area contributed by atoms with Gasteiger partial charge in [-0.1, -0.05) is 20.3 Å². The van der Waals surface area contributed by atoms with Crippen LogP contribution in [-0.4, -0.2) is 21.5 Å². The number of unbranched alkanes of at least 4 members (excludes halogenated alkanes) is 1. The number of nitrogens with one attached hydrogen (secondary N) is 2. The highest BCUT2D eigenvalue weighted by molar-refractivity contribution is 7.89. The molecule has 0 aliphatic heterocycles. The van der Waals surface area contributed by atoms with Crippen molar-refractivity contribution in [2.24, 2.45) is 0 Å². The summed E-state index contributed by atoms with van der Waals surface area (Å²) >= 11 is 1.54. The molecule has 2 N–H and O–H groups in total. The molecule has 4 nitrogen and oxygen atoms in total. The third-order valence-corrected chi connectivity index (χ3v) is 5.35. The van der Waals surface area contributed by atoms with Gasteiger partial charge < -0.3 is 5.32 Å². The maximum atomic E-state index is 12.1. The minimum absolute atomic E-state index is 0.427. The van der Waals surface area contributed by atoms with Gasteiger partial charge in [0.25, 0.3) is 0 Å². The lowest BCUT2D eigenvalue weighted by atomic mass is 10.3. The number of thiophene rings is 1. The first-order chi connectivity index (χ1) is 8.51. The van der Waals surface area contributed by atoms with Crippen LogP contribution < -0.4 is 10.0 Å². The molecular weight excluding hydrogens is 268 g/mol. The highest BCUT2D eigenvalue weighted by atomic mass is 32.2. The normalized spacial score (nSPS) is 11.9. The van der Waals surface area contributed by atoms with Gasteiger partial charge in [0, 0.05) is 22.8 Å². The first-order valence-electron chi connectivity index (χ1n) is 6.31. The molecule has 0 unspecified atom stereocenters. The number of rotatable bonds is 8. The number of hydrogen-bond acceptors (Lipinski definition) is 4. The van der Waals surface area contributed by atoms with Gasteiger partial charge in [-0.25, -0.2) is 13.1 Å².